The van der Waals surface area contributed by atoms with Crippen LogP contribution in [0, 0.1) is 12.7 Å². The third kappa shape index (κ3) is 2.50. The molecule has 0 aliphatic carbocycles. The van der Waals surface area contributed by atoms with Crippen molar-refractivity contribution in [2.75, 3.05) is 5.32 Å². The minimum Gasteiger partial charge on any atom is -0.349 e. The van der Waals surface area contributed by atoms with E-state index in [0.29, 0.717) is 12.5 Å². The van der Waals surface area contributed by atoms with Gasteiger partial charge in [-0.25, -0.2) is 14.4 Å². The molecule has 0 unspecified atom stereocenters. The maximum absolute atomic E-state index is 12.5. The number of anilines is 1. The summed E-state index contributed by atoms with van der Waals surface area (Å²) >= 11 is 1.68. The van der Waals surface area contributed by atoms with Crippen LogP contribution in [0.25, 0.3) is 0 Å². The Kier molecular flexibility index (Phi) is 2.91. The predicted molar refractivity (Wildman–Crippen MR) is 58.4 cm³/mol. The first-order valence-electron chi connectivity index (χ1n) is 4.50. The topological polar surface area (TPSA) is 37.8 Å². The summed E-state index contributed by atoms with van der Waals surface area (Å²) in [6.45, 7) is 2.73. The molecule has 2 rings (SSSR count). The number of nitrogens with one attached hydrogen (secondary N) is 1. The van der Waals surface area contributed by atoms with E-state index in [1.54, 1.807) is 11.3 Å². The van der Waals surface area contributed by atoms with Crippen molar-refractivity contribution in [3.63, 3.8) is 0 Å². The van der Waals surface area contributed by atoms with Crippen LogP contribution in [-0.4, -0.2) is 9.97 Å². The largest absolute Gasteiger partial charge is 0.349 e. The molecule has 0 saturated carbocycles. The van der Waals surface area contributed by atoms with Crippen molar-refractivity contribution in [3.8, 4) is 0 Å². The number of halogens is 1. The van der Waals surface area contributed by atoms with Crippen LogP contribution >= 0.6 is 11.3 Å². The zero-order valence-electron chi connectivity index (χ0n) is 8.20. The van der Waals surface area contributed by atoms with Crippen molar-refractivity contribution < 1.29 is 4.39 Å². The number of thiophene rings is 1. The van der Waals surface area contributed by atoms with E-state index in [9.17, 15) is 4.39 Å². The van der Waals surface area contributed by atoms with Gasteiger partial charge in [0.15, 0.2) is 5.82 Å². The molecule has 5 heteroatoms. The van der Waals surface area contributed by atoms with Gasteiger partial charge in [0, 0.05) is 4.88 Å². The van der Waals surface area contributed by atoms with Crippen LogP contribution in [0.5, 0.6) is 0 Å². The summed E-state index contributed by atoms with van der Waals surface area (Å²) in [5.74, 6) is 0.0251. The molecule has 0 saturated heterocycles. The number of nitrogens with zero attached hydrogens (tertiary/aromatic N) is 2. The van der Waals surface area contributed by atoms with Gasteiger partial charge in [0.1, 0.15) is 0 Å². The highest BCUT2D eigenvalue weighted by atomic mass is 32.1. The summed E-state index contributed by atoms with van der Waals surface area (Å²) in [5.41, 5.74) is 1.25. The highest BCUT2D eigenvalue weighted by molar-refractivity contribution is 7.10. The van der Waals surface area contributed by atoms with E-state index in [2.05, 4.69) is 28.3 Å². The third-order valence-corrected chi connectivity index (χ3v) is 3.02. The predicted octanol–water partition coefficient (Wildman–Crippen LogP) is 2.60. The molecule has 0 amide bonds. The Morgan fingerprint density at radius 1 is 1.40 bits per heavy atom. The Balaban J connectivity index is 1.99. The van der Waals surface area contributed by atoms with Crippen LogP contribution in [0.3, 0.4) is 0 Å². The SMILES string of the molecule is Cc1ccsc1CNc1ncc(F)cn1. The van der Waals surface area contributed by atoms with Crippen molar-refractivity contribution >= 4 is 17.3 Å². The smallest absolute Gasteiger partial charge is 0.223 e. The van der Waals surface area contributed by atoms with Crippen molar-refractivity contribution in [1.82, 2.24) is 9.97 Å². The second-order valence-corrected chi connectivity index (χ2v) is 4.11. The molecule has 2 heterocycles. The minimum atomic E-state index is -0.423. The molecule has 0 spiro atoms. The summed E-state index contributed by atoms with van der Waals surface area (Å²) < 4.78 is 12.5. The lowest BCUT2D eigenvalue weighted by Gasteiger charge is -2.02. The lowest BCUT2D eigenvalue weighted by atomic mass is 10.3. The first kappa shape index (κ1) is 10.0. The Labute approximate surface area is 91.0 Å². The first-order valence-corrected chi connectivity index (χ1v) is 5.38. The molecule has 3 nitrogen and oxygen atoms in total. The van der Waals surface area contributed by atoms with Gasteiger partial charge in [0.05, 0.1) is 18.9 Å². The van der Waals surface area contributed by atoms with E-state index in [1.807, 2.05) is 5.38 Å². The minimum absolute atomic E-state index is 0.423. The number of aromatic nitrogens is 2. The molecule has 0 radical (unpaired) electrons. The summed E-state index contributed by atoms with van der Waals surface area (Å²) in [4.78, 5) is 8.87. The van der Waals surface area contributed by atoms with Crippen LogP contribution in [0.4, 0.5) is 10.3 Å². The lowest BCUT2D eigenvalue weighted by Crippen LogP contribution is -2.02. The molecular formula is C10H10FN3S. The highest BCUT2D eigenvalue weighted by Crippen LogP contribution is 2.16. The van der Waals surface area contributed by atoms with Gasteiger partial charge in [-0.1, -0.05) is 0 Å². The van der Waals surface area contributed by atoms with Crippen LogP contribution in [0.1, 0.15) is 10.4 Å². The fraction of sp³-hybridized carbons (Fsp3) is 0.200. The van der Waals surface area contributed by atoms with Gasteiger partial charge in [-0.05, 0) is 23.9 Å². The second kappa shape index (κ2) is 4.35. The van der Waals surface area contributed by atoms with Crippen LogP contribution in [-0.2, 0) is 6.54 Å². The molecular weight excluding hydrogens is 213 g/mol. The van der Waals surface area contributed by atoms with Gasteiger partial charge in [-0.15, -0.1) is 11.3 Å². The quantitative estimate of drug-likeness (QED) is 0.869. The molecule has 0 fully saturated rings. The van der Waals surface area contributed by atoms with E-state index < -0.39 is 5.82 Å². The zero-order chi connectivity index (χ0) is 10.7. The summed E-state index contributed by atoms with van der Waals surface area (Å²) in [7, 11) is 0. The third-order valence-electron chi connectivity index (χ3n) is 2.00. The number of rotatable bonds is 3. The van der Waals surface area contributed by atoms with E-state index in [4.69, 9.17) is 0 Å². The molecule has 0 aliphatic heterocycles. The van der Waals surface area contributed by atoms with Crippen molar-refractivity contribution in [3.05, 3.63) is 40.1 Å². The fourth-order valence-corrected chi connectivity index (χ4v) is 1.99. The maximum Gasteiger partial charge on any atom is 0.223 e. The highest BCUT2D eigenvalue weighted by Gasteiger charge is 2.00. The van der Waals surface area contributed by atoms with Crippen LogP contribution in [0.15, 0.2) is 23.8 Å². The number of hydrogen-bond acceptors (Lipinski definition) is 4. The Bertz CT molecular complexity index is 438. The maximum atomic E-state index is 12.5. The molecule has 15 heavy (non-hydrogen) atoms. The monoisotopic (exact) mass is 223 g/mol. The standard InChI is InChI=1S/C10H10FN3S/c1-7-2-3-15-9(7)6-14-10-12-4-8(11)5-13-10/h2-5H,6H2,1H3,(H,12,13,14). The van der Waals surface area contributed by atoms with Gasteiger partial charge in [-0.2, -0.15) is 0 Å². The van der Waals surface area contributed by atoms with Crippen molar-refractivity contribution in [2.24, 2.45) is 0 Å². The summed E-state index contributed by atoms with van der Waals surface area (Å²) in [6.07, 6.45) is 2.30. The van der Waals surface area contributed by atoms with Gasteiger partial charge in [-0.3, -0.25) is 0 Å². The van der Waals surface area contributed by atoms with Gasteiger partial charge >= 0.3 is 0 Å². The molecule has 0 aromatic carbocycles. The molecule has 0 atom stereocenters. The Morgan fingerprint density at radius 2 is 2.13 bits per heavy atom. The number of aryl methyl sites for hydroxylation is 1. The van der Waals surface area contributed by atoms with Crippen molar-refractivity contribution in [1.29, 1.82) is 0 Å². The van der Waals surface area contributed by atoms with Crippen LogP contribution in [0.2, 0.25) is 0 Å². The van der Waals surface area contributed by atoms with E-state index in [1.165, 1.54) is 10.4 Å². The van der Waals surface area contributed by atoms with Gasteiger partial charge < -0.3 is 5.32 Å². The lowest BCUT2D eigenvalue weighted by molar-refractivity contribution is 0.614. The molecule has 2 aromatic heterocycles. The van der Waals surface area contributed by atoms with E-state index in [0.717, 1.165) is 12.4 Å². The second-order valence-electron chi connectivity index (χ2n) is 3.11. The van der Waals surface area contributed by atoms with E-state index >= 15 is 0 Å². The Morgan fingerprint density at radius 3 is 2.73 bits per heavy atom. The molecule has 0 bridgehead atoms. The molecule has 2 aromatic rings. The molecule has 78 valence electrons. The summed E-state index contributed by atoms with van der Waals surface area (Å²) in [6, 6.07) is 2.06. The molecule has 1 N–H and O–H groups in total. The summed E-state index contributed by atoms with van der Waals surface area (Å²) in [5, 5.41) is 5.08. The van der Waals surface area contributed by atoms with Gasteiger partial charge in [0.2, 0.25) is 5.95 Å². The molecule has 0 aliphatic rings. The van der Waals surface area contributed by atoms with Gasteiger partial charge in [0.25, 0.3) is 0 Å². The van der Waals surface area contributed by atoms with E-state index in [-0.39, 0.29) is 0 Å². The number of hydrogen-bond donors (Lipinski definition) is 1. The zero-order valence-corrected chi connectivity index (χ0v) is 9.01. The normalized spacial score (nSPS) is 10.3. The van der Waals surface area contributed by atoms with Crippen molar-refractivity contribution in [2.45, 2.75) is 13.5 Å². The van der Waals surface area contributed by atoms with Crippen LogP contribution < -0.4 is 5.32 Å². The first-order chi connectivity index (χ1) is 7.25. The fourth-order valence-electron chi connectivity index (χ4n) is 1.15. The average molecular weight is 223 g/mol. The average Bonchev–Trinajstić information content (AvgIpc) is 2.63. The Hall–Kier alpha value is -1.49.